The summed E-state index contributed by atoms with van der Waals surface area (Å²) in [5, 5.41) is 6.41. The normalized spacial score (nSPS) is 20.1. The van der Waals surface area contributed by atoms with Crippen LogP contribution < -0.4 is 10.6 Å². The zero-order valence-electron chi connectivity index (χ0n) is 12.0. The van der Waals surface area contributed by atoms with Crippen molar-refractivity contribution in [2.75, 3.05) is 40.3 Å². The van der Waals surface area contributed by atoms with E-state index in [0.717, 1.165) is 45.4 Å². The fourth-order valence-electron chi connectivity index (χ4n) is 2.37. The number of carbonyl (C=O) groups is 1. The Hall–Kier alpha value is -0.610. The molecule has 4 heteroatoms. The van der Waals surface area contributed by atoms with Gasteiger partial charge in [0.15, 0.2) is 0 Å². The fraction of sp³-hybridized carbons (Fsp3) is 0.929. The van der Waals surface area contributed by atoms with Gasteiger partial charge in [0.25, 0.3) is 0 Å². The van der Waals surface area contributed by atoms with E-state index < -0.39 is 0 Å². The molecule has 1 rings (SSSR count). The summed E-state index contributed by atoms with van der Waals surface area (Å²) in [6.45, 7) is 4.17. The molecule has 0 saturated carbocycles. The van der Waals surface area contributed by atoms with Crippen LogP contribution in [0.25, 0.3) is 0 Å². The number of unbranched alkanes of at least 4 members (excludes halogenated alkanes) is 1. The van der Waals surface area contributed by atoms with Crippen molar-refractivity contribution in [3.05, 3.63) is 0 Å². The number of amides is 1. The Balaban J connectivity index is 1.93. The first-order valence-corrected chi connectivity index (χ1v) is 7.30. The first kappa shape index (κ1) is 15.4. The van der Waals surface area contributed by atoms with Gasteiger partial charge < -0.3 is 15.5 Å². The van der Waals surface area contributed by atoms with Crippen molar-refractivity contribution in [2.24, 2.45) is 5.92 Å². The number of rotatable bonds is 8. The van der Waals surface area contributed by atoms with Crippen LogP contribution in [-0.4, -0.2) is 51.1 Å². The third-order valence-corrected chi connectivity index (χ3v) is 3.53. The lowest BCUT2D eigenvalue weighted by Crippen LogP contribution is -2.31. The first-order valence-electron chi connectivity index (χ1n) is 7.30. The van der Waals surface area contributed by atoms with Crippen LogP contribution >= 0.6 is 0 Å². The highest BCUT2D eigenvalue weighted by atomic mass is 16.1. The lowest BCUT2D eigenvalue weighted by molar-refractivity contribution is -0.121. The van der Waals surface area contributed by atoms with E-state index in [9.17, 15) is 4.79 Å². The molecule has 0 spiro atoms. The number of nitrogens with one attached hydrogen (secondary N) is 2. The Kier molecular flexibility index (Phi) is 8.01. The minimum atomic E-state index is 0.227. The molecule has 1 amide bonds. The van der Waals surface area contributed by atoms with Crippen molar-refractivity contribution in [2.45, 2.75) is 38.5 Å². The SMILES string of the molecule is CN(C)CCCCNC(=O)CCC1CCCNC1. The van der Waals surface area contributed by atoms with E-state index in [1.165, 1.54) is 12.8 Å². The molecule has 1 fully saturated rings. The van der Waals surface area contributed by atoms with E-state index in [4.69, 9.17) is 0 Å². The number of nitrogens with zero attached hydrogens (tertiary/aromatic N) is 1. The minimum Gasteiger partial charge on any atom is -0.356 e. The Bertz CT molecular complexity index is 225. The van der Waals surface area contributed by atoms with Crippen LogP contribution in [0.4, 0.5) is 0 Å². The summed E-state index contributed by atoms with van der Waals surface area (Å²) in [5.74, 6) is 0.934. The molecule has 18 heavy (non-hydrogen) atoms. The van der Waals surface area contributed by atoms with E-state index in [1.807, 2.05) is 0 Å². The van der Waals surface area contributed by atoms with Gasteiger partial charge in [-0.1, -0.05) is 0 Å². The molecule has 1 saturated heterocycles. The second kappa shape index (κ2) is 9.34. The van der Waals surface area contributed by atoms with Gasteiger partial charge in [-0.15, -0.1) is 0 Å². The van der Waals surface area contributed by atoms with Crippen LogP contribution in [0.1, 0.15) is 38.5 Å². The number of hydrogen-bond donors (Lipinski definition) is 2. The van der Waals surface area contributed by atoms with Crippen LogP contribution in [-0.2, 0) is 4.79 Å². The maximum absolute atomic E-state index is 11.6. The molecule has 0 aromatic heterocycles. The topological polar surface area (TPSA) is 44.4 Å². The predicted octanol–water partition coefficient (Wildman–Crippen LogP) is 1.22. The molecule has 1 aliphatic rings. The average Bonchev–Trinajstić information content (AvgIpc) is 2.37. The summed E-state index contributed by atoms with van der Waals surface area (Å²) < 4.78 is 0. The molecular weight excluding hydrogens is 226 g/mol. The van der Waals surface area contributed by atoms with Gasteiger partial charge >= 0.3 is 0 Å². The van der Waals surface area contributed by atoms with Gasteiger partial charge in [-0.05, 0) is 71.8 Å². The van der Waals surface area contributed by atoms with Gasteiger partial charge in [0.2, 0.25) is 5.91 Å². The molecule has 1 heterocycles. The Labute approximate surface area is 111 Å². The largest absolute Gasteiger partial charge is 0.356 e. The third kappa shape index (κ3) is 7.67. The van der Waals surface area contributed by atoms with Crippen molar-refractivity contribution < 1.29 is 4.79 Å². The van der Waals surface area contributed by atoms with Crippen molar-refractivity contribution in [3.63, 3.8) is 0 Å². The van der Waals surface area contributed by atoms with Gasteiger partial charge in [-0.2, -0.15) is 0 Å². The average molecular weight is 255 g/mol. The quantitative estimate of drug-likeness (QED) is 0.641. The Morgan fingerprint density at radius 3 is 2.89 bits per heavy atom. The van der Waals surface area contributed by atoms with Crippen molar-refractivity contribution in [3.8, 4) is 0 Å². The zero-order valence-corrected chi connectivity index (χ0v) is 12.0. The molecule has 1 aliphatic heterocycles. The summed E-state index contributed by atoms with van der Waals surface area (Å²) in [5.41, 5.74) is 0. The molecule has 1 unspecified atom stereocenters. The lowest BCUT2D eigenvalue weighted by atomic mass is 9.94. The van der Waals surface area contributed by atoms with Gasteiger partial charge in [-0.3, -0.25) is 4.79 Å². The minimum absolute atomic E-state index is 0.227. The second-order valence-corrected chi connectivity index (χ2v) is 5.61. The van der Waals surface area contributed by atoms with Gasteiger partial charge in [0.1, 0.15) is 0 Å². The monoisotopic (exact) mass is 255 g/mol. The molecule has 0 aromatic rings. The molecule has 4 nitrogen and oxygen atoms in total. The molecule has 0 aliphatic carbocycles. The molecule has 0 bridgehead atoms. The molecule has 0 radical (unpaired) electrons. The Morgan fingerprint density at radius 2 is 2.22 bits per heavy atom. The maximum atomic E-state index is 11.6. The molecule has 2 N–H and O–H groups in total. The summed E-state index contributed by atoms with van der Waals surface area (Å²) in [4.78, 5) is 13.8. The summed E-state index contributed by atoms with van der Waals surface area (Å²) in [7, 11) is 4.16. The van der Waals surface area contributed by atoms with E-state index >= 15 is 0 Å². The van der Waals surface area contributed by atoms with E-state index in [2.05, 4.69) is 29.6 Å². The maximum Gasteiger partial charge on any atom is 0.220 e. The standard InChI is InChI=1S/C14H29N3O/c1-17(2)11-4-3-10-16-14(18)8-7-13-6-5-9-15-12-13/h13,15H,3-12H2,1-2H3,(H,16,18). The van der Waals surface area contributed by atoms with E-state index in [0.29, 0.717) is 12.3 Å². The highest BCUT2D eigenvalue weighted by Crippen LogP contribution is 2.15. The number of carbonyl (C=O) groups excluding carboxylic acids is 1. The van der Waals surface area contributed by atoms with E-state index in [-0.39, 0.29) is 5.91 Å². The predicted molar refractivity (Wildman–Crippen MR) is 75.6 cm³/mol. The fourth-order valence-corrected chi connectivity index (χ4v) is 2.37. The molecular formula is C14H29N3O. The highest BCUT2D eigenvalue weighted by molar-refractivity contribution is 5.75. The van der Waals surface area contributed by atoms with Crippen molar-refractivity contribution in [1.29, 1.82) is 0 Å². The number of piperidine rings is 1. The molecule has 0 aromatic carbocycles. The third-order valence-electron chi connectivity index (χ3n) is 3.53. The second-order valence-electron chi connectivity index (χ2n) is 5.61. The van der Waals surface area contributed by atoms with Gasteiger partial charge in [-0.25, -0.2) is 0 Å². The van der Waals surface area contributed by atoms with Gasteiger partial charge in [0.05, 0.1) is 0 Å². The van der Waals surface area contributed by atoms with Crippen LogP contribution in [0.3, 0.4) is 0 Å². The zero-order chi connectivity index (χ0) is 13.2. The van der Waals surface area contributed by atoms with Crippen molar-refractivity contribution >= 4 is 5.91 Å². The van der Waals surface area contributed by atoms with Crippen LogP contribution in [0, 0.1) is 5.92 Å². The van der Waals surface area contributed by atoms with Crippen LogP contribution in [0.2, 0.25) is 0 Å². The number of hydrogen-bond acceptors (Lipinski definition) is 3. The van der Waals surface area contributed by atoms with E-state index in [1.54, 1.807) is 0 Å². The smallest absolute Gasteiger partial charge is 0.220 e. The highest BCUT2D eigenvalue weighted by Gasteiger charge is 2.13. The van der Waals surface area contributed by atoms with Crippen LogP contribution in [0.15, 0.2) is 0 Å². The van der Waals surface area contributed by atoms with Crippen LogP contribution in [0.5, 0.6) is 0 Å². The lowest BCUT2D eigenvalue weighted by Gasteiger charge is -2.22. The van der Waals surface area contributed by atoms with Gasteiger partial charge in [0, 0.05) is 13.0 Å². The summed E-state index contributed by atoms with van der Waals surface area (Å²) >= 11 is 0. The van der Waals surface area contributed by atoms with Crippen molar-refractivity contribution in [1.82, 2.24) is 15.5 Å². The molecule has 1 atom stereocenters. The Morgan fingerprint density at radius 1 is 1.39 bits per heavy atom. The summed E-state index contributed by atoms with van der Waals surface area (Å²) in [6.07, 6.45) is 6.51. The first-order chi connectivity index (χ1) is 8.68. The summed E-state index contributed by atoms with van der Waals surface area (Å²) in [6, 6.07) is 0. The molecule has 106 valence electrons.